The lowest BCUT2D eigenvalue weighted by Gasteiger charge is -2.20. The number of amides is 2. The number of hydrogen-bond donors (Lipinski definition) is 0. The molecule has 0 saturated carbocycles. The first-order valence-electron chi connectivity index (χ1n) is 8.85. The number of hydrogen-bond acceptors (Lipinski definition) is 4. The fourth-order valence-corrected chi connectivity index (χ4v) is 2.82. The monoisotopic (exact) mass is 355 g/mol. The Kier molecular flexibility index (Phi) is 7.21. The van der Waals surface area contributed by atoms with E-state index in [-0.39, 0.29) is 25.0 Å². The number of nitrogens with zero attached hydrogens (tertiary/aromatic N) is 1. The maximum atomic E-state index is 12.6. The summed E-state index contributed by atoms with van der Waals surface area (Å²) in [7, 11) is 1.61. The Balaban J connectivity index is 0.00000117. The average molecular weight is 355 g/mol. The number of aryl methyl sites for hydroxylation is 1. The van der Waals surface area contributed by atoms with Gasteiger partial charge in [0, 0.05) is 6.42 Å². The van der Waals surface area contributed by atoms with Crippen molar-refractivity contribution in [3.63, 3.8) is 0 Å². The lowest BCUT2D eigenvalue weighted by Crippen LogP contribution is -2.34. The van der Waals surface area contributed by atoms with Crippen molar-refractivity contribution in [2.75, 3.05) is 13.7 Å². The van der Waals surface area contributed by atoms with Crippen LogP contribution >= 0.6 is 0 Å². The minimum Gasteiger partial charge on any atom is -0.497 e. The minimum atomic E-state index is -0.570. The number of cyclic esters (lactones) is 1. The third-order valence-corrected chi connectivity index (χ3v) is 4.09. The van der Waals surface area contributed by atoms with Crippen molar-refractivity contribution in [2.45, 2.75) is 32.7 Å². The number of rotatable bonds is 5. The summed E-state index contributed by atoms with van der Waals surface area (Å²) in [5.74, 6) is 0.525. The molecule has 2 amide bonds. The number of carbonyl (C=O) groups is 2. The van der Waals surface area contributed by atoms with Gasteiger partial charge in [-0.05, 0) is 29.7 Å². The molecule has 2 aromatic carbocycles. The van der Waals surface area contributed by atoms with Crippen LogP contribution in [-0.2, 0) is 16.0 Å². The Hall–Kier alpha value is -2.82. The van der Waals surface area contributed by atoms with Crippen LogP contribution in [0.4, 0.5) is 4.79 Å². The summed E-state index contributed by atoms with van der Waals surface area (Å²) in [6.45, 7) is 4.20. The molecule has 1 aliphatic rings. The van der Waals surface area contributed by atoms with E-state index < -0.39 is 6.09 Å². The Morgan fingerprint density at radius 1 is 1.15 bits per heavy atom. The third-order valence-electron chi connectivity index (χ3n) is 4.09. The van der Waals surface area contributed by atoms with Gasteiger partial charge in [-0.25, -0.2) is 9.69 Å². The lowest BCUT2D eigenvalue weighted by molar-refractivity contribution is -0.129. The van der Waals surface area contributed by atoms with Crippen LogP contribution < -0.4 is 4.74 Å². The molecule has 5 heteroatoms. The van der Waals surface area contributed by atoms with Crippen molar-refractivity contribution in [1.29, 1.82) is 0 Å². The van der Waals surface area contributed by atoms with E-state index in [4.69, 9.17) is 9.47 Å². The molecule has 26 heavy (non-hydrogen) atoms. The second-order valence-corrected chi connectivity index (χ2v) is 5.62. The molecule has 1 saturated heterocycles. The molecule has 0 aromatic heterocycles. The first-order valence-corrected chi connectivity index (χ1v) is 8.85. The Bertz CT molecular complexity index is 730. The molecule has 1 fully saturated rings. The Morgan fingerprint density at radius 3 is 2.58 bits per heavy atom. The highest BCUT2D eigenvalue weighted by atomic mass is 16.6. The van der Waals surface area contributed by atoms with Gasteiger partial charge in [-0.1, -0.05) is 56.3 Å². The van der Waals surface area contributed by atoms with Gasteiger partial charge in [0.2, 0.25) is 5.91 Å². The van der Waals surface area contributed by atoms with Gasteiger partial charge >= 0.3 is 6.09 Å². The van der Waals surface area contributed by atoms with Crippen LogP contribution in [0.15, 0.2) is 54.6 Å². The largest absolute Gasteiger partial charge is 0.497 e. The summed E-state index contributed by atoms with van der Waals surface area (Å²) in [5, 5.41) is 0. The zero-order valence-corrected chi connectivity index (χ0v) is 15.5. The van der Waals surface area contributed by atoms with Crippen LogP contribution in [-0.4, -0.2) is 30.6 Å². The van der Waals surface area contributed by atoms with Crippen molar-refractivity contribution in [1.82, 2.24) is 4.90 Å². The molecule has 1 aliphatic heterocycles. The molecular formula is C21H25NO4. The van der Waals surface area contributed by atoms with Gasteiger partial charge in [-0.3, -0.25) is 4.79 Å². The van der Waals surface area contributed by atoms with Gasteiger partial charge in [0.1, 0.15) is 18.4 Å². The van der Waals surface area contributed by atoms with E-state index in [1.54, 1.807) is 7.11 Å². The highest BCUT2D eigenvalue weighted by Gasteiger charge is 2.38. The van der Waals surface area contributed by atoms with Crippen LogP contribution in [0.3, 0.4) is 0 Å². The molecule has 2 aromatic rings. The molecule has 0 radical (unpaired) electrons. The molecule has 5 nitrogen and oxygen atoms in total. The number of imide groups is 1. The molecule has 0 aliphatic carbocycles. The summed E-state index contributed by atoms with van der Waals surface area (Å²) < 4.78 is 10.3. The SMILES string of the molecule is CC.COc1cccc(CCC(=O)N2C(=O)OCC2c2ccccc2)c1. The van der Waals surface area contributed by atoms with E-state index in [1.807, 2.05) is 68.4 Å². The molecule has 0 spiro atoms. The topological polar surface area (TPSA) is 55.8 Å². The highest BCUT2D eigenvalue weighted by Crippen LogP contribution is 2.28. The van der Waals surface area contributed by atoms with E-state index in [0.29, 0.717) is 6.42 Å². The van der Waals surface area contributed by atoms with Gasteiger partial charge in [-0.2, -0.15) is 0 Å². The minimum absolute atomic E-state index is 0.202. The van der Waals surface area contributed by atoms with Gasteiger partial charge < -0.3 is 9.47 Å². The first kappa shape index (κ1) is 19.5. The standard InChI is InChI=1S/C19H19NO4.C2H6/c1-23-16-9-5-6-14(12-16)10-11-18(21)20-17(13-24-19(20)22)15-7-3-2-4-8-15;1-2/h2-9,12,17H,10-11,13H2,1H3;1-2H3. The first-order chi connectivity index (χ1) is 12.7. The van der Waals surface area contributed by atoms with E-state index in [9.17, 15) is 9.59 Å². The maximum absolute atomic E-state index is 12.6. The second-order valence-electron chi connectivity index (χ2n) is 5.62. The van der Waals surface area contributed by atoms with Crippen molar-refractivity contribution in [3.05, 3.63) is 65.7 Å². The zero-order chi connectivity index (χ0) is 18.9. The van der Waals surface area contributed by atoms with Crippen LogP contribution in [0.1, 0.15) is 37.4 Å². The number of ether oxygens (including phenoxy) is 2. The van der Waals surface area contributed by atoms with Gasteiger partial charge in [0.15, 0.2) is 0 Å². The number of benzene rings is 2. The predicted octanol–water partition coefficient (Wildman–Crippen LogP) is 4.37. The highest BCUT2D eigenvalue weighted by molar-refractivity contribution is 5.93. The van der Waals surface area contributed by atoms with E-state index >= 15 is 0 Å². The zero-order valence-electron chi connectivity index (χ0n) is 15.5. The van der Waals surface area contributed by atoms with Crippen molar-refractivity contribution in [3.8, 4) is 5.75 Å². The van der Waals surface area contributed by atoms with E-state index in [1.165, 1.54) is 4.90 Å². The molecule has 0 N–H and O–H groups in total. The Labute approximate surface area is 154 Å². The Morgan fingerprint density at radius 2 is 1.88 bits per heavy atom. The molecule has 3 rings (SSSR count). The van der Waals surface area contributed by atoms with Crippen molar-refractivity contribution >= 4 is 12.0 Å². The van der Waals surface area contributed by atoms with Crippen LogP contribution in [0.2, 0.25) is 0 Å². The fraction of sp³-hybridized carbons (Fsp3) is 0.333. The van der Waals surface area contributed by atoms with Gasteiger partial charge in [0.25, 0.3) is 0 Å². The maximum Gasteiger partial charge on any atom is 0.417 e. The quantitative estimate of drug-likeness (QED) is 0.799. The molecule has 138 valence electrons. The van der Waals surface area contributed by atoms with Crippen LogP contribution in [0.25, 0.3) is 0 Å². The molecule has 1 unspecified atom stereocenters. The van der Waals surface area contributed by atoms with Crippen molar-refractivity contribution < 1.29 is 19.1 Å². The smallest absolute Gasteiger partial charge is 0.417 e. The molecular weight excluding hydrogens is 330 g/mol. The summed E-state index contributed by atoms with van der Waals surface area (Å²) in [4.78, 5) is 25.8. The van der Waals surface area contributed by atoms with Crippen LogP contribution in [0.5, 0.6) is 5.75 Å². The van der Waals surface area contributed by atoms with E-state index in [0.717, 1.165) is 16.9 Å². The molecule has 0 bridgehead atoms. The van der Waals surface area contributed by atoms with Gasteiger partial charge in [-0.15, -0.1) is 0 Å². The van der Waals surface area contributed by atoms with E-state index in [2.05, 4.69) is 0 Å². The lowest BCUT2D eigenvalue weighted by atomic mass is 10.1. The van der Waals surface area contributed by atoms with Crippen LogP contribution in [0, 0.1) is 0 Å². The average Bonchev–Trinajstić information content (AvgIpc) is 3.10. The molecule has 1 heterocycles. The summed E-state index contributed by atoms with van der Waals surface area (Å²) in [6, 6.07) is 16.7. The number of methoxy groups -OCH3 is 1. The number of carbonyl (C=O) groups excluding carboxylic acids is 2. The summed E-state index contributed by atoms with van der Waals surface area (Å²) in [6.07, 6.45) is 0.215. The fourth-order valence-electron chi connectivity index (χ4n) is 2.82. The van der Waals surface area contributed by atoms with Crippen molar-refractivity contribution in [2.24, 2.45) is 0 Å². The summed E-state index contributed by atoms with van der Waals surface area (Å²) >= 11 is 0. The predicted molar refractivity (Wildman–Crippen MR) is 100 cm³/mol. The van der Waals surface area contributed by atoms with Gasteiger partial charge in [0.05, 0.1) is 7.11 Å². The summed E-state index contributed by atoms with van der Waals surface area (Å²) in [5.41, 5.74) is 1.89. The normalized spacial score (nSPS) is 15.7. The molecule has 1 atom stereocenters. The second kappa shape index (κ2) is 9.61. The third kappa shape index (κ3) is 4.63.